The Labute approximate surface area is 169 Å². The van der Waals surface area contributed by atoms with Gasteiger partial charge in [-0.1, -0.05) is 41.1 Å². The van der Waals surface area contributed by atoms with E-state index in [-0.39, 0.29) is 11.4 Å². The highest BCUT2D eigenvalue weighted by Crippen LogP contribution is 2.72. The molecule has 2 aromatic rings. The second kappa shape index (κ2) is 6.97. The molecule has 1 fully saturated rings. The van der Waals surface area contributed by atoms with Crippen LogP contribution in [0.2, 0.25) is 0 Å². The number of halogens is 1. The van der Waals surface area contributed by atoms with Gasteiger partial charge in [-0.05, 0) is 73.1 Å². The van der Waals surface area contributed by atoms with Crippen LogP contribution in [0.15, 0.2) is 40.9 Å². The molecule has 0 heterocycles. The lowest BCUT2D eigenvalue weighted by Crippen LogP contribution is -2.24. The molecule has 2 aromatic carbocycles. The molecule has 3 nitrogen and oxygen atoms in total. The fourth-order valence-corrected chi connectivity index (χ4v) is 5.19. The number of carbonyl (C=O) groups excluding carboxylic acids is 1. The molecular weight excluding hydrogens is 404 g/mol. The van der Waals surface area contributed by atoms with E-state index < -0.39 is 0 Å². The maximum absolute atomic E-state index is 12.5. The van der Waals surface area contributed by atoms with Crippen LogP contribution in [0.3, 0.4) is 0 Å². The Morgan fingerprint density at radius 3 is 2.74 bits per heavy atom. The van der Waals surface area contributed by atoms with Crippen LogP contribution in [0.4, 0.5) is 0 Å². The highest BCUT2D eigenvalue weighted by atomic mass is 79.9. The average Bonchev–Trinajstić information content (AvgIpc) is 3.14. The minimum Gasteiger partial charge on any atom is -0.489 e. The van der Waals surface area contributed by atoms with Gasteiger partial charge >= 0.3 is 5.97 Å². The van der Waals surface area contributed by atoms with Crippen LogP contribution in [0.25, 0.3) is 0 Å². The second-order valence-corrected chi connectivity index (χ2v) is 8.49. The van der Waals surface area contributed by atoms with Crippen LogP contribution in [0.1, 0.15) is 48.4 Å². The first-order valence-corrected chi connectivity index (χ1v) is 10.5. The number of hydrogen-bond donors (Lipinski definition) is 0. The SMILES string of the molecule is CCOC(=O)[C@@]1(CC)[C@@H]2Cc3cc(OCc4ccc(C)c(Br)c4)ccc3[C@H]21. The van der Waals surface area contributed by atoms with Gasteiger partial charge in [-0.15, -0.1) is 0 Å². The summed E-state index contributed by atoms with van der Waals surface area (Å²) in [7, 11) is 0. The highest BCUT2D eigenvalue weighted by molar-refractivity contribution is 9.10. The topological polar surface area (TPSA) is 35.5 Å². The number of hydrogen-bond acceptors (Lipinski definition) is 3. The average molecular weight is 429 g/mol. The Balaban J connectivity index is 1.47. The van der Waals surface area contributed by atoms with E-state index in [1.807, 2.05) is 13.0 Å². The molecule has 27 heavy (non-hydrogen) atoms. The number of benzene rings is 2. The zero-order chi connectivity index (χ0) is 19.2. The molecule has 0 N–H and O–H groups in total. The molecule has 0 aliphatic heterocycles. The van der Waals surface area contributed by atoms with Gasteiger partial charge in [0.2, 0.25) is 0 Å². The van der Waals surface area contributed by atoms with Crippen molar-refractivity contribution in [2.24, 2.45) is 11.3 Å². The van der Waals surface area contributed by atoms with Crippen LogP contribution in [-0.2, 0) is 22.6 Å². The molecule has 0 spiro atoms. The maximum atomic E-state index is 12.5. The van der Waals surface area contributed by atoms with Crippen molar-refractivity contribution in [1.82, 2.24) is 0 Å². The molecule has 0 bridgehead atoms. The summed E-state index contributed by atoms with van der Waals surface area (Å²) in [5.41, 5.74) is 4.69. The molecule has 2 aliphatic carbocycles. The standard InChI is InChI=1S/C23H25BrO3/c1-4-23(22(25)26-5-2)19-12-16-11-17(8-9-18(16)21(19)23)27-13-15-7-6-14(3)20(24)10-15/h6-11,19,21H,4-5,12-13H2,1-3H3/t19-,21-,23+/m1/s1. The van der Waals surface area contributed by atoms with Crippen molar-refractivity contribution in [2.45, 2.75) is 46.1 Å². The van der Waals surface area contributed by atoms with Gasteiger partial charge in [0, 0.05) is 10.4 Å². The van der Waals surface area contributed by atoms with Gasteiger partial charge in [0.1, 0.15) is 12.4 Å². The zero-order valence-corrected chi connectivity index (χ0v) is 17.6. The van der Waals surface area contributed by atoms with Crippen LogP contribution in [0, 0.1) is 18.3 Å². The summed E-state index contributed by atoms with van der Waals surface area (Å²) >= 11 is 3.57. The van der Waals surface area contributed by atoms with Crippen LogP contribution in [0.5, 0.6) is 5.75 Å². The van der Waals surface area contributed by atoms with Crippen molar-refractivity contribution in [1.29, 1.82) is 0 Å². The van der Waals surface area contributed by atoms with Gasteiger partial charge in [-0.3, -0.25) is 4.79 Å². The molecule has 142 valence electrons. The summed E-state index contributed by atoms with van der Waals surface area (Å²) in [6.07, 6.45) is 1.79. The van der Waals surface area contributed by atoms with E-state index in [1.165, 1.54) is 16.7 Å². The maximum Gasteiger partial charge on any atom is 0.313 e. The first-order chi connectivity index (χ1) is 13.0. The van der Waals surface area contributed by atoms with E-state index in [1.54, 1.807) is 0 Å². The summed E-state index contributed by atoms with van der Waals surface area (Å²) in [6, 6.07) is 12.6. The largest absolute Gasteiger partial charge is 0.489 e. The molecule has 2 aliphatic rings. The predicted molar refractivity (Wildman–Crippen MR) is 109 cm³/mol. The van der Waals surface area contributed by atoms with Crippen molar-refractivity contribution >= 4 is 21.9 Å². The molecule has 4 rings (SSSR count). The molecule has 0 saturated heterocycles. The third-order valence-electron chi connectivity index (χ3n) is 6.28. The Morgan fingerprint density at radius 2 is 2.04 bits per heavy atom. The number of fused-ring (bicyclic) bond motifs is 3. The van der Waals surface area contributed by atoms with Gasteiger partial charge in [0.25, 0.3) is 0 Å². The van der Waals surface area contributed by atoms with Crippen LogP contribution in [-0.4, -0.2) is 12.6 Å². The lowest BCUT2D eigenvalue weighted by atomic mass is 9.89. The van der Waals surface area contributed by atoms with E-state index in [9.17, 15) is 4.79 Å². The van der Waals surface area contributed by atoms with Crippen LogP contribution < -0.4 is 4.74 Å². The lowest BCUT2D eigenvalue weighted by Gasteiger charge is -2.19. The molecule has 0 amide bonds. The number of aryl methyl sites for hydroxylation is 1. The number of rotatable bonds is 6. The molecular formula is C23H25BrO3. The Hall–Kier alpha value is -1.81. The number of esters is 1. The fraction of sp³-hybridized carbons (Fsp3) is 0.435. The van der Waals surface area contributed by atoms with Crippen molar-refractivity contribution in [2.75, 3.05) is 6.61 Å². The fourth-order valence-electron chi connectivity index (χ4n) is 4.76. The van der Waals surface area contributed by atoms with Crippen LogP contribution >= 0.6 is 15.9 Å². The zero-order valence-electron chi connectivity index (χ0n) is 16.0. The molecule has 0 aromatic heterocycles. The Morgan fingerprint density at radius 1 is 1.22 bits per heavy atom. The van der Waals surface area contributed by atoms with E-state index in [2.05, 4.69) is 60.1 Å². The normalized spacial score (nSPS) is 24.9. The summed E-state index contributed by atoms with van der Waals surface area (Å²) < 4.78 is 12.5. The molecule has 0 radical (unpaired) electrons. The van der Waals surface area contributed by atoms with E-state index >= 15 is 0 Å². The van der Waals surface area contributed by atoms with Gasteiger partial charge in [0.15, 0.2) is 0 Å². The van der Waals surface area contributed by atoms with Crippen molar-refractivity contribution in [3.8, 4) is 5.75 Å². The van der Waals surface area contributed by atoms with Gasteiger partial charge in [0.05, 0.1) is 12.0 Å². The highest BCUT2D eigenvalue weighted by Gasteiger charge is 2.72. The van der Waals surface area contributed by atoms with Crippen molar-refractivity contribution < 1.29 is 14.3 Å². The smallest absolute Gasteiger partial charge is 0.313 e. The summed E-state index contributed by atoms with van der Waals surface area (Å²) in [5, 5.41) is 0. The van der Waals surface area contributed by atoms with E-state index in [4.69, 9.17) is 9.47 Å². The third-order valence-corrected chi connectivity index (χ3v) is 7.14. The van der Waals surface area contributed by atoms with Gasteiger partial charge in [-0.2, -0.15) is 0 Å². The van der Waals surface area contributed by atoms with E-state index in [0.717, 1.165) is 28.6 Å². The summed E-state index contributed by atoms with van der Waals surface area (Å²) in [5.74, 6) is 1.59. The van der Waals surface area contributed by atoms with Crippen molar-refractivity contribution in [3.63, 3.8) is 0 Å². The second-order valence-electron chi connectivity index (χ2n) is 7.64. The first kappa shape index (κ1) is 18.5. The first-order valence-electron chi connectivity index (χ1n) is 9.69. The quantitative estimate of drug-likeness (QED) is 0.564. The Bertz CT molecular complexity index is 891. The minimum absolute atomic E-state index is 0.0153. The monoisotopic (exact) mass is 428 g/mol. The van der Waals surface area contributed by atoms with E-state index in [0.29, 0.717) is 25.0 Å². The lowest BCUT2D eigenvalue weighted by molar-refractivity contribution is -0.150. The Kier molecular flexibility index (Phi) is 4.79. The third kappa shape index (κ3) is 2.98. The predicted octanol–water partition coefficient (Wildman–Crippen LogP) is 5.57. The number of ether oxygens (including phenoxy) is 2. The number of carbonyl (C=O) groups is 1. The van der Waals surface area contributed by atoms with Crippen molar-refractivity contribution in [3.05, 3.63) is 63.1 Å². The minimum atomic E-state index is -0.292. The molecule has 1 saturated carbocycles. The summed E-state index contributed by atoms with van der Waals surface area (Å²) in [4.78, 5) is 12.5. The molecule has 0 unspecified atom stereocenters. The summed E-state index contributed by atoms with van der Waals surface area (Å²) in [6.45, 7) is 7.06. The van der Waals surface area contributed by atoms with Gasteiger partial charge < -0.3 is 9.47 Å². The molecule has 3 atom stereocenters. The molecule has 4 heteroatoms. The van der Waals surface area contributed by atoms with Gasteiger partial charge in [-0.25, -0.2) is 0 Å².